The Morgan fingerprint density at radius 1 is 1.33 bits per heavy atom. The van der Waals surface area contributed by atoms with Crippen LogP contribution in [0.3, 0.4) is 0 Å². The molecule has 0 heterocycles. The van der Waals surface area contributed by atoms with Gasteiger partial charge >= 0.3 is 5.97 Å². The molecule has 6 nitrogen and oxygen atoms in total. The minimum absolute atomic E-state index is 0.0887. The van der Waals surface area contributed by atoms with Crippen molar-refractivity contribution in [2.75, 3.05) is 12.3 Å². The van der Waals surface area contributed by atoms with Gasteiger partial charge < -0.3 is 20.5 Å². The van der Waals surface area contributed by atoms with Gasteiger partial charge in [0, 0.05) is 11.7 Å². The van der Waals surface area contributed by atoms with Crippen LogP contribution >= 0.6 is 0 Å². The summed E-state index contributed by atoms with van der Waals surface area (Å²) in [6.07, 6.45) is 1.32. The van der Waals surface area contributed by atoms with Crippen molar-refractivity contribution < 1.29 is 19.1 Å². The molecule has 21 heavy (non-hydrogen) atoms. The molecule has 0 spiro atoms. The number of hydrogen-bond donors (Lipinski definition) is 2. The van der Waals surface area contributed by atoms with Gasteiger partial charge in [0.25, 0.3) is 5.91 Å². The van der Waals surface area contributed by atoms with Crippen LogP contribution in [0, 0.1) is 0 Å². The molecule has 3 N–H and O–H groups in total. The number of nitrogen functional groups attached to an aromatic ring is 1. The van der Waals surface area contributed by atoms with E-state index in [0.29, 0.717) is 11.4 Å². The Morgan fingerprint density at radius 3 is 2.62 bits per heavy atom. The summed E-state index contributed by atoms with van der Waals surface area (Å²) < 4.78 is 10.4. The lowest BCUT2D eigenvalue weighted by molar-refractivity contribution is -0.155. The van der Waals surface area contributed by atoms with Gasteiger partial charge in [-0.05, 0) is 44.0 Å². The van der Waals surface area contributed by atoms with Gasteiger partial charge in [0.15, 0.2) is 6.10 Å². The highest BCUT2D eigenvalue weighted by atomic mass is 16.5. The normalized spacial score (nSPS) is 15.1. The second-order valence-electron chi connectivity index (χ2n) is 5.08. The largest absolute Gasteiger partial charge is 0.493 e. The molecule has 6 heteroatoms. The first-order chi connectivity index (χ1) is 10.0. The van der Waals surface area contributed by atoms with E-state index in [2.05, 4.69) is 5.32 Å². The Labute approximate surface area is 123 Å². The molecule has 2 rings (SSSR count). The standard InChI is InChI=1S/C15H20N2O4/c1-10(15(19)17-12-4-5-12)21-14(18)8-9-20-13-6-2-11(16)3-7-13/h2-3,6-7,10,12H,4-5,8-9,16H2,1H3,(H,17,19). The Bertz CT molecular complexity index is 497. The summed E-state index contributed by atoms with van der Waals surface area (Å²) in [4.78, 5) is 23.2. The predicted octanol–water partition coefficient (Wildman–Crippen LogP) is 1.25. The molecule has 1 aromatic rings. The molecule has 1 aliphatic rings. The minimum atomic E-state index is -0.769. The summed E-state index contributed by atoms with van der Waals surface area (Å²) in [5.74, 6) is -0.0641. The maximum atomic E-state index is 11.6. The summed E-state index contributed by atoms with van der Waals surface area (Å²) in [6, 6.07) is 7.15. The molecular weight excluding hydrogens is 272 g/mol. The lowest BCUT2D eigenvalue weighted by atomic mass is 10.3. The van der Waals surface area contributed by atoms with Crippen LogP contribution in [0.25, 0.3) is 0 Å². The Hall–Kier alpha value is -2.24. The van der Waals surface area contributed by atoms with E-state index in [1.54, 1.807) is 31.2 Å². The van der Waals surface area contributed by atoms with E-state index in [4.69, 9.17) is 15.2 Å². The van der Waals surface area contributed by atoms with Gasteiger partial charge in [-0.1, -0.05) is 0 Å². The fourth-order valence-electron chi connectivity index (χ4n) is 1.67. The van der Waals surface area contributed by atoms with E-state index in [1.807, 2.05) is 0 Å². The van der Waals surface area contributed by atoms with Gasteiger partial charge in [0.2, 0.25) is 0 Å². The first-order valence-electron chi connectivity index (χ1n) is 7.03. The predicted molar refractivity (Wildman–Crippen MR) is 77.7 cm³/mol. The summed E-state index contributed by atoms with van der Waals surface area (Å²) in [5.41, 5.74) is 6.21. The Kier molecular flexibility index (Phi) is 5.03. The highest BCUT2D eigenvalue weighted by Gasteiger charge is 2.27. The number of esters is 1. The van der Waals surface area contributed by atoms with E-state index >= 15 is 0 Å². The lowest BCUT2D eigenvalue weighted by Crippen LogP contribution is -2.37. The molecule has 114 valence electrons. The van der Waals surface area contributed by atoms with Crippen LogP contribution in [0.5, 0.6) is 5.75 Å². The number of rotatable bonds is 7. The van der Waals surface area contributed by atoms with Gasteiger partial charge in [-0.15, -0.1) is 0 Å². The number of carbonyl (C=O) groups excluding carboxylic acids is 2. The van der Waals surface area contributed by atoms with Crippen molar-refractivity contribution >= 4 is 17.6 Å². The van der Waals surface area contributed by atoms with E-state index in [-0.39, 0.29) is 25.0 Å². The molecule has 0 aromatic heterocycles. The molecule has 1 atom stereocenters. The number of benzene rings is 1. The molecule has 0 saturated heterocycles. The maximum Gasteiger partial charge on any atom is 0.310 e. The van der Waals surface area contributed by atoms with E-state index in [1.165, 1.54) is 0 Å². The van der Waals surface area contributed by atoms with Crippen LogP contribution in [0.15, 0.2) is 24.3 Å². The molecular formula is C15H20N2O4. The van der Waals surface area contributed by atoms with Crippen molar-refractivity contribution in [3.05, 3.63) is 24.3 Å². The second kappa shape index (κ2) is 6.97. The zero-order chi connectivity index (χ0) is 15.2. The number of ether oxygens (including phenoxy) is 2. The fraction of sp³-hybridized carbons (Fsp3) is 0.467. The van der Waals surface area contributed by atoms with Crippen LogP contribution in [0.4, 0.5) is 5.69 Å². The Morgan fingerprint density at radius 2 is 2.00 bits per heavy atom. The van der Waals surface area contributed by atoms with Crippen molar-refractivity contribution in [3.63, 3.8) is 0 Å². The number of nitrogens with two attached hydrogens (primary N) is 1. The minimum Gasteiger partial charge on any atom is -0.493 e. The van der Waals surface area contributed by atoms with Gasteiger partial charge in [-0.25, -0.2) is 0 Å². The number of nitrogens with one attached hydrogen (secondary N) is 1. The van der Waals surface area contributed by atoms with E-state index in [0.717, 1.165) is 12.8 Å². The summed E-state index contributed by atoms with van der Waals surface area (Å²) in [5, 5.41) is 2.79. The zero-order valence-corrected chi connectivity index (χ0v) is 12.0. The topological polar surface area (TPSA) is 90.7 Å². The summed E-state index contributed by atoms with van der Waals surface area (Å²) >= 11 is 0. The lowest BCUT2D eigenvalue weighted by Gasteiger charge is -2.13. The molecule has 1 saturated carbocycles. The zero-order valence-electron chi connectivity index (χ0n) is 12.0. The molecule has 0 bridgehead atoms. The number of carbonyl (C=O) groups is 2. The monoisotopic (exact) mass is 292 g/mol. The molecule has 1 unspecified atom stereocenters. The molecule has 0 radical (unpaired) electrons. The van der Waals surface area contributed by atoms with Crippen LogP contribution in [-0.2, 0) is 14.3 Å². The second-order valence-corrected chi connectivity index (χ2v) is 5.08. The SMILES string of the molecule is CC(OC(=O)CCOc1ccc(N)cc1)C(=O)NC1CC1. The highest BCUT2D eigenvalue weighted by Crippen LogP contribution is 2.19. The average Bonchev–Trinajstić information content (AvgIpc) is 3.25. The van der Waals surface area contributed by atoms with Crippen LogP contribution in [0.1, 0.15) is 26.2 Å². The van der Waals surface area contributed by atoms with Crippen molar-refractivity contribution in [2.24, 2.45) is 0 Å². The highest BCUT2D eigenvalue weighted by molar-refractivity contribution is 5.83. The van der Waals surface area contributed by atoms with Gasteiger partial charge in [-0.3, -0.25) is 9.59 Å². The van der Waals surface area contributed by atoms with Crippen LogP contribution < -0.4 is 15.8 Å². The number of amides is 1. The first kappa shape index (κ1) is 15.2. The maximum absolute atomic E-state index is 11.6. The van der Waals surface area contributed by atoms with Crippen molar-refractivity contribution in [1.29, 1.82) is 0 Å². The average molecular weight is 292 g/mol. The van der Waals surface area contributed by atoms with Gasteiger partial charge in [0.05, 0.1) is 13.0 Å². The molecule has 0 aliphatic heterocycles. The molecule has 1 aliphatic carbocycles. The van der Waals surface area contributed by atoms with E-state index in [9.17, 15) is 9.59 Å². The quantitative estimate of drug-likeness (QED) is 0.583. The third kappa shape index (κ3) is 5.33. The van der Waals surface area contributed by atoms with Crippen LogP contribution in [-0.4, -0.2) is 30.6 Å². The number of hydrogen-bond acceptors (Lipinski definition) is 5. The molecule has 1 fully saturated rings. The van der Waals surface area contributed by atoms with Crippen LogP contribution in [0.2, 0.25) is 0 Å². The van der Waals surface area contributed by atoms with Gasteiger partial charge in [0.1, 0.15) is 5.75 Å². The summed E-state index contributed by atoms with van der Waals surface area (Å²) in [7, 11) is 0. The summed E-state index contributed by atoms with van der Waals surface area (Å²) in [6.45, 7) is 1.76. The van der Waals surface area contributed by atoms with Crippen molar-refractivity contribution in [3.8, 4) is 5.75 Å². The number of anilines is 1. The van der Waals surface area contributed by atoms with Crippen molar-refractivity contribution in [1.82, 2.24) is 5.32 Å². The molecule has 1 amide bonds. The van der Waals surface area contributed by atoms with Gasteiger partial charge in [-0.2, -0.15) is 0 Å². The smallest absolute Gasteiger partial charge is 0.310 e. The van der Waals surface area contributed by atoms with Crippen molar-refractivity contribution in [2.45, 2.75) is 38.3 Å². The third-order valence-corrected chi connectivity index (χ3v) is 3.06. The van der Waals surface area contributed by atoms with E-state index < -0.39 is 12.1 Å². The third-order valence-electron chi connectivity index (χ3n) is 3.06. The fourth-order valence-corrected chi connectivity index (χ4v) is 1.67. The molecule has 1 aromatic carbocycles. The Balaban J connectivity index is 1.64. The first-order valence-corrected chi connectivity index (χ1v) is 7.03.